The number of aliphatic hydroxyl groups excluding tert-OH is 1. The number of ether oxygens (including phenoxy) is 1. The number of nitrogens with two attached hydrogens (primary N) is 1. The van der Waals surface area contributed by atoms with Gasteiger partial charge in [-0.3, -0.25) is 0 Å². The van der Waals surface area contributed by atoms with Crippen LogP contribution >= 0.6 is 0 Å². The largest absolute Gasteiger partial charge is 0.465 e. The summed E-state index contributed by atoms with van der Waals surface area (Å²) in [4.78, 5) is 18.1. The number of aromatic nitrogens is 1. The Morgan fingerprint density at radius 1 is 1.60 bits per heavy atom. The van der Waals surface area contributed by atoms with Crippen LogP contribution in [-0.2, 0) is 4.74 Å². The minimum atomic E-state index is -0.457. The molecule has 1 atom stereocenters. The van der Waals surface area contributed by atoms with E-state index in [1.54, 1.807) is 12.3 Å². The van der Waals surface area contributed by atoms with Crippen molar-refractivity contribution < 1.29 is 14.6 Å². The molecule has 6 heteroatoms. The van der Waals surface area contributed by atoms with E-state index in [0.29, 0.717) is 23.5 Å². The zero-order valence-electron chi connectivity index (χ0n) is 11.7. The normalized spacial score (nSPS) is 18.9. The third-order valence-electron chi connectivity index (χ3n) is 3.74. The molecule has 20 heavy (non-hydrogen) atoms. The van der Waals surface area contributed by atoms with Crippen molar-refractivity contribution in [1.29, 1.82) is 0 Å². The lowest BCUT2D eigenvalue weighted by Gasteiger charge is -2.37. The summed E-state index contributed by atoms with van der Waals surface area (Å²) in [5.41, 5.74) is 6.77. The lowest BCUT2D eigenvalue weighted by Crippen LogP contribution is -2.41. The van der Waals surface area contributed by atoms with Gasteiger partial charge in [0.25, 0.3) is 0 Å². The van der Waals surface area contributed by atoms with E-state index in [4.69, 9.17) is 10.5 Å². The molecule has 0 aromatic carbocycles. The fourth-order valence-corrected chi connectivity index (χ4v) is 2.71. The fraction of sp³-hybridized carbons (Fsp3) is 0.571. The van der Waals surface area contributed by atoms with Crippen molar-refractivity contribution in [3.63, 3.8) is 0 Å². The SMILES string of the molecule is COC(=O)c1ccnc(N2CCCCC2CCO)c1N. The maximum atomic E-state index is 11.7. The maximum Gasteiger partial charge on any atom is 0.340 e. The molecule has 1 fully saturated rings. The predicted octanol–water partition coefficient (Wildman–Crippen LogP) is 1.19. The monoisotopic (exact) mass is 279 g/mol. The number of methoxy groups -OCH3 is 1. The molecule has 2 rings (SSSR count). The molecule has 6 nitrogen and oxygen atoms in total. The van der Waals surface area contributed by atoms with Gasteiger partial charge in [-0.1, -0.05) is 0 Å². The Hall–Kier alpha value is -1.82. The Bertz CT molecular complexity index is 477. The summed E-state index contributed by atoms with van der Waals surface area (Å²) >= 11 is 0. The molecule has 1 aliphatic rings. The van der Waals surface area contributed by atoms with E-state index in [1.807, 2.05) is 0 Å². The van der Waals surface area contributed by atoms with Crippen molar-refractivity contribution in [2.75, 3.05) is 30.9 Å². The lowest BCUT2D eigenvalue weighted by molar-refractivity contribution is 0.0602. The van der Waals surface area contributed by atoms with Crippen LogP contribution in [0.1, 0.15) is 36.0 Å². The fourth-order valence-electron chi connectivity index (χ4n) is 2.71. The van der Waals surface area contributed by atoms with E-state index < -0.39 is 5.97 Å². The number of anilines is 2. The summed E-state index contributed by atoms with van der Waals surface area (Å²) in [6, 6.07) is 1.78. The Labute approximate surface area is 118 Å². The van der Waals surface area contributed by atoms with Gasteiger partial charge >= 0.3 is 5.97 Å². The van der Waals surface area contributed by atoms with Gasteiger partial charge in [0, 0.05) is 25.4 Å². The van der Waals surface area contributed by atoms with Crippen molar-refractivity contribution in [1.82, 2.24) is 4.98 Å². The maximum absolute atomic E-state index is 11.7. The molecule has 1 aliphatic heterocycles. The van der Waals surface area contributed by atoms with Gasteiger partial charge in [-0.05, 0) is 31.7 Å². The van der Waals surface area contributed by atoms with Crippen LogP contribution in [0, 0.1) is 0 Å². The Morgan fingerprint density at radius 2 is 2.40 bits per heavy atom. The van der Waals surface area contributed by atoms with E-state index in [1.165, 1.54) is 7.11 Å². The third-order valence-corrected chi connectivity index (χ3v) is 3.74. The van der Waals surface area contributed by atoms with Crippen LogP contribution in [0.25, 0.3) is 0 Å². The summed E-state index contributed by atoms with van der Waals surface area (Å²) in [7, 11) is 1.33. The third kappa shape index (κ3) is 2.85. The summed E-state index contributed by atoms with van der Waals surface area (Å²) in [5.74, 6) is 0.160. The quantitative estimate of drug-likeness (QED) is 0.805. The van der Waals surface area contributed by atoms with Gasteiger partial charge in [-0.2, -0.15) is 0 Å². The summed E-state index contributed by atoms with van der Waals surface area (Å²) < 4.78 is 4.73. The molecule has 1 aromatic rings. The zero-order chi connectivity index (χ0) is 14.5. The highest BCUT2D eigenvalue weighted by Gasteiger charge is 2.26. The standard InChI is InChI=1S/C14H21N3O3/c1-20-14(19)11-5-7-16-13(12(11)15)17-8-3-2-4-10(17)6-9-18/h5,7,10,18H,2-4,6,8-9,15H2,1H3. The molecular weight excluding hydrogens is 258 g/mol. The van der Waals surface area contributed by atoms with Crippen molar-refractivity contribution in [3.8, 4) is 0 Å². The van der Waals surface area contributed by atoms with E-state index in [9.17, 15) is 9.90 Å². The Balaban J connectivity index is 2.33. The number of carbonyl (C=O) groups excluding carboxylic acids is 1. The highest BCUT2D eigenvalue weighted by atomic mass is 16.5. The molecule has 0 saturated carbocycles. The second kappa shape index (κ2) is 6.56. The molecule has 110 valence electrons. The number of piperidine rings is 1. The molecule has 3 N–H and O–H groups in total. The lowest BCUT2D eigenvalue weighted by atomic mass is 9.99. The molecule has 1 saturated heterocycles. The Kier molecular flexibility index (Phi) is 4.79. The minimum absolute atomic E-state index is 0.137. The van der Waals surface area contributed by atoms with Crippen molar-refractivity contribution in [2.24, 2.45) is 0 Å². The number of aliphatic hydroxyl groups is 1. The minimum Gasteiger partial charge on any atom is -0.465 e. The van der Waals surface area contributed by atoms with Crippen LogP contribution in [0.5, 0.6) is 0 Å². The molecule has 1 aromatic heterocycles. The van der Waals surface area contributed by atoms with Crippen LogP contribution in [0.15, 0.2) is 12.3 Å². The number of hydrogen-bond donors (Lipinski definition) is 2. The number of hydrogen-bond acceptors (Lipinski definition) is 6. The summed E-state index contributed by atoms with van der Waals surface area (Å²) in [5, 5.41) is 9.18. The Morgan fingerprint density at radius 3 is 3.10 bits per heavy atom. The van der Waals surface area contributed by atoms with Crippen LogP contribution in [0.4, 0.5) is 11.5 Å². The van der Waals surface area contributed by atoms with Crippen LogP contribution in [-0.4, -0.2) is 42.4 Å². The van der Waals surface area contributed by atoms with Gasteiger partial charge < -0.3 is 20.5 Å². The van der Waals surface area contributed by atoms with Crippen molar-refractivity contribution in [2.45, 2.75) is 31.7 Å². The summed E-state index contributed by atoms with van der Waals surface area (Å²) in [6.07, 6.45) is 5.46. The number of nitrogen functional groups attached to an aromatic ring is 1. The number of carbonyl (C=O) groups is 1. The zero-order valence-corrected chi connectivity index (χ0v) is 11.7. The smallest absolute Gasteiger partial charge is 0.340 e. The van der Waals surface area contributed by atoms with E-state index in [0.717, 1.165) is 25.8 Å². The molecular formula is C14H21N3O3. The highest BCUT2D eigenvalue weighted by Crippen LogP contribution is 2.31. The molecule has 0 aliphatic carbocycles. The van der Waals surface area contributed by atoms with Crippen LogP contribution < -0.4 is 10.6 Å². The molecule has 1 unspecified atom stereocenters. The second-order valence-corrected chi connectivity index (χ2v) is 4.94. The first-order chi connectivity index (χ1) is 9.69. The molecule has 0 spiro atoms. The molecule has 2 heterocycles. The number of pyridine rings is 1. The van der Waals surface area contributed by atoms with Crippen LogP contribution in [0.2, 0.25) is 0 Å². The number of esters is 1. The number of rotatable bonds is 4. The molecule has 0 amide bonds. The van der Waals surface area contributed by atoms with E-state index >= 15 is 0 Å². The molecule has 0 radical (unpaired) electrons. The topological polar surface area (TPSA) is 88.7 Å². The van der Waals surface area contributed by atoms with Gasteiger partial charge in [0.1, 0.15) is 0 Å². The first-order valence-corrected chi connectivity index (χ1v) is 6.89. The van der Waals surface area contributed by atoms with Gasteiger partial charge in [-0.15, -0.1) is 0 Å². The summed E-state index contributed by atoms with van der Waals surface area (Å²) in [6.45, 7) is 0.976. The first kappa shape index (κ1) is 14.6. The second-order valence-electron chi connectivity index (χ2n) is 4.94. The van der Waals surface area contributed by atoms with Gasteiger partial charge in [0.05, 0.1) is 18.4 Å². The van der Waals surface area contributed by atoms with Gasteiger partial charge in [0.2, 0.25) is 0 Å². The van der Waals surface area contributed by atoms with Gasteiger partial charge in [0.15, 0.2) is 5.82 Å². The van der Waals surface area contributed by atoms with Crippen LogP contribution in [0.3, 0.4) is 0 Å². The first-order valence-electron chi connectivity index (χ1n) is 6.89. The van der Waals surface area contributed by atoms with Crippen molar-refractivity contribution in [3.05, 3.63) is 17.8 Å². The van der Waals surface area contributed by atoms with Crippen molar-refractivity contribution >= 4 is 17.5 Å². The highest BCUT2D eigenvalue weighted by molar-refractivity contribution is 5.97. The average molecular weight is 279 g/mol. The number of nitrogens with zero attached hydrogens (tertiary/aromatic N) is 2. The van der Waals surface area contributed by atoms with Gasteiger partial charge in [-0.25, -0.2) is 9.78 Å². The van der Waals surface area contributed by atoms with E-state index in [2.05, 4.69) is 9.88 Å². The van der Waals surface area contributed by atoms with E-state index in [-0.39, 0.29) is 12.6 Å². The average Bonchev–Trinajstić information content (AvgIpc) is 2.48. The molecule has 0 bridgehead atoms. The predicted molar refractivity (Wildman–Crippen MR) is 76.7 cm³/mol.